The van der Waals surface area contributed by atoms with Gasteiger partial charge in [-0.3, -0.25) is 9.78 Å². The summed E-state index contributed by atoms with van der Waals surface area (Å²) in [6, 6.07) is 6.69. The summed E-state index contributed by atoms with van der Waals surface area (Å²) < 4.78 is 13.2. The number of benzene rings is 1. The Labute approximate surface area is 120 Å². The lowest BCUT2D eigenvalue weighted by Gasteiger charge is -2.09. The molecule has 0 aliphatic rings. The van der Waals surface area contributed by atoms with E-state index in [9.17, 15) is 14.0 Å². The molecule has 0 radical (unpaired) electrons. The van der Waals surface area contributed by atoms with Crippen LogP contribution < -0.4 is 5.32 Å². The molecule has 5 nitrogen and oxygen atoms in total. The number of carbonyl (C=O) groups is 2. The number of rotatable bonds is 4. The standard InChI is InChI=1S/C15H13FN2O3/c1-9-3-2-6-17-12(9)8-14(19)18-13-7-10(16)4-5-11(13)15(20)21/h2-7H,8H2,1H3,(H,18,19)(H,20,21). The van der Waals surface area contributed by atoms with Crippen molar-refractivity contribution in [3.63, 3.8) is 0 Å². The highest BCUT2D eigenvalue weighted by atomic mass is 19.1. The van der Waals surface area contributed by atoms with Crippen molar-refractivity contribution >= 4 is 17.6 Å². The Bertz CT molecular complexity index is 701. The number of nitrogens with zero attached hydrogens (tertiary/aromatic N) is 1. The number of carboxylic acid groups (broad SMARTS) is 1. The zero-order valence-corrected chi connectivity index (χ0v) is 11.3. The molecule has 2 aromatic rings. The number of hydrogen-bond acceptors (Lipinski definition) is 3. The van der Waals surface area contributed by atoms with Crippen LogP contribution in [0.2, 0.25) is 0 Å². The summed E-state index contributed by atoms with van der Waals surface area (Å²) in [7, 11) is 0. The number of aromatic carboxylic acids is 1. The zero-order chi connectivity index (χ0) is 15.4. The van der Waals surface area contributed by atoms with Crippen LogP contribution in [-0.4, -0.2) is 22.0 Å². The molecular formula is C15H13FN2O3. The summed E-state index contributed by atoms with van der Waals surface area (Å²) in [4.78, 5) is 27.1. The molecule has 1 aromatic heterocycles. The number of nitrogens with one attached hydrogen (secondary N) is 1. The van der Waals surface area contributed by atoms with Gasteiger partial charge in [0.1, 0.15) is 5.82 Å². The van der Waals surface area contributed by atoms with Gasteiger partial charge in [0.2, 0.25) is 5.91 Å². The van der Waals surface area contributed by atoms with Crippen molar-refractivity contribution in [1.29, 1.82) is 0 Å². The minimum absolute atomic E-state index is 0.0117. The molecule has 0 atom stereocenters. The van der Waals surface area contributed by atoms with E-state index in [4.69, 9.17) is 5.11 Å². The van der Waals surface area contributed by atoms with Crippen molar-refractivity contribution < 1.29 is 19.1 Å². The molecule has 21 heavy (non-hydrogen) atoms. The van der Waals surface area contributed by atoms with E-state index in [-0.39, 0.29) is 17.7 Å². The summed E-state index contributed by atoms with van der Waals surface area (Å²) in [5, 5.41) is 11.4. The van der Waals surface area contributed by atoms with Gasteiger partial charge in [0, 0.05) is 6.20 Å². The van der Waals surface area contributed by atoms with Crippen LogP contribution in [0, 0.1) is 12.7 Å². The largest absolute Gasteiger partial charge is 0.478 e. The number of pyridine rings is 1. The molecule has 1 heterocycles. The molecule has 1 amide bonds. The monoisotopic (exact) mass is 288 g/mol. The van der Waals surface area contributed by atoms with Crippen LogP contribution in [-0.2, 0) is 11.2 Å². The molecule has 108 valence electrons. The van der Waals surface area contributed by atoms with E-state index >= 15 is 0 Å². The van der Waals surface area contributed by atoms with Crippen molar-refractivity contribution in [3.8, 4) is 0 Å². The van der Waals surface area contributed by atoms with Crippen molar-refractivity contribution in [2.75, 3.05) is 5.32 Å². The van der Waals surface area contributed by atoms with E-state index in [2.05, 4.69) is 10.3 Å². The molecule has 1 aromatic carbocycles. The van der Waals surface area contributed by atoms with Gasteiger partial charge >= 0.3 is 5.97 Å². The first kappa shape index (κ1) is 14.6. The maximum atomic E-state index is 13.2. The van der Waals surface area contributed by atoms with Gasteiger partial charge in [0.25, 0.3) is 0 Å². The summed E-state index contributed by atoms with van der Waals surface area (Å²) >= 11 is 0. The quantitative estimate of drug-likeness (QED) is 0.905. The molecule has 6 heteroatoms. The van der Waals surface area contributed by atoms with E-state index in [1.807, 2.05) is 13.0 Å². The Balaban J connectivity index is 2.18. The maximum absolute atomic E-state index is 13.2. The zero-order valence-electron chi connectivity index (χ0n) is 11.3. The molecule has 2 N–H and O–H groups in total. The minimum Gasteiger partial charge on any atom is -0.478 e. The van der Waals surface area contributed by atoms with Gasteiger partial charge in [-0.25, -0.2) is 9.18 Å². The topological polar surface area (TPSA) is 79.3 Å². The molecule has 0 saturated heterocycles. The fourth-order valence-electron chi connectivity index (χ4n) is 1.86. The smallest absolute Gasteiger partial charge is 0.337 e. The highest BCUT2D eigenvalue weighted by Crippen LogP contribution is 2.18. The molecule has 0 saturated carbocycles. The fraction of sp³-hybridized carbons (Fsp3) is 0.133. The Kier molecular flexibility index (Phi) is 4.27. The van der Waals surface area contributed by atoms with E-state index in [0.717, 1.165) is 23.8 Å². The van der Waals surface area contributed by atoms with Crippen LogP contribution in [0.25, 0.3) is 0 Å². The van der Waals surface area contributed by atoms with Crippen LogP contribution in [0.15, 0.2) is 36.5 Å². The Morgan fingerprint density at radius 2 is 2.10 bits per heavy atom. The molecule has 0 spiro atoms. The van der Waals surface area contributed by atoms with E-state index < -0.39 is 17.7 Å². The third kappa shape index (κ3) is 3.62. The van der Waals surface area contributed by atoms with Crippen molar-refractivity contribution in [2.24, 2.45) is 0 Å². The lowest BCUT2D eigenvalue weighted by Crippen LogP contribution is -2.18. The van der Waals surface area contributed by atoms with Crippen molar-refractivity contribution in [2.45, 2.75) is 13.3 Å². The van der Waals surface area contributed by atoms with Crippen LogP contribution >= 0.6 is 0 Å². The molecule has 0 bridgehead atoms. The SMILES string of the molecule is Cc1cccnc1CC(=O)Nc1cc(F)ccc1C(=O)O. The van der Waals surface area contributed by atoms with E-state index in [1.54, 1.807) is 12.3 Å². The Morgan fingerprint density at radius 3 is 2.76 bits per heavy atom. The number of aryl methyl sites for hydroxylation is 1. The lowest BCUT2D eigenvalue weighted by molar-refractivity contribution is -0.115. The highest BCUT2D eigenvalue weighted by Gasteiger charge is 2.14. The number of halogens is 1. The van der Waals surface area contributed by atoms with Gasteiger partial charge in [-0.1, -0.05) is 6.07 Å². The average Bonchev–Trinajstić information content (AvgIpc) is 2.41. The fourth-order valence-corrected chi connectivity index (χ4v) is 1.86. The first-order chi connectivity index (χ1) is 9.97. The summed E-state index contributed by atoms with van der Waals surface area (Å²) in [6.07, 6.45) is 1.56. The van der Waals surface area contributed by atoms with Crippen LogP contribution in [0.3, 0.4) is 0 Å². The molecule has 0 aliphatic heterocycles. The molecule has 0 aliphatic carbocycles. The summed E-state index contributed by atoms with van der Waals surface area (Å²) in [5.74, 6) is -2.31. The number of amides is 1. The molecule has 0 fully saturated rings. The second kappa shape index (κ2) is 6.13. The van der Waals surface area contributed by atoms with Gasteiger partial charge in [-0.2, -0.15) is 0 Å². The third-order valence-electron chi connectivity index (χ3n) is 2.93. The van der Waals surface area contributed by atoms with Crippen molar-refractivity contribution in [1.82, 2.24) is 4.98 Å². The second-order valence-corrected chi connectivity index (χ2v) is 4.49. The number of carboxylic acids is 1. The normalized spacial score (nSPS) is 10.2. The van der Waals surface area contributed by atoms with Gasteiger partial charge in [-0.15, -0.1) is 0 Å². The van der Waals surface area contributed by atoms with E-state index in [0.29, 0.717) is 5.69 Å². The van der Waals surface area contributed by atoms with Crippen LogP contribution in [0.5, 0.6) is 0 Å². The first-order valence-corrected chi connectivity index (χ1v) is 6.20. The van der Waals surface area contributed by atoms with Gasteiger partial charge in [0.15, 0.2) is 0 Å². The Morgan fingerprint density at radius 1 is 1.33 bits per heavy atom. The molecule has 2 rings (SSSR count). The maximum Gasteiger partial charge on any atom is 0.337 e. The molecule has 0 unspecified atom stereocenters. The molecular weight excluding hydrogens is 275 g/mol. The third-order valence-corrected chi connectivity index (χ3v) is 2.93. The lowest BCUT2D eigenvalue weighted by atomic mass is 10.1. The van der Waals surface area contributed by atoms with Gasteiger partial charge in [-0.05, 0) is 36.8 Å². The van der Waals surface area contributed by atoms with Crippen LogP contribution in [0.1, 0.15) is 21.6 Å². The van der Waals surface area contributed by atoms with E-state index in [1.165, 1.54) is 0 Å². The van der Waals surface area contributed by atoms with Gasteiger partial charge in [0.05, 0.1) is 23.4 Å². The van der Waals surface area contributed by atoms with Crippen LogP contribution in [0.4, 0.5) is 10.1 Å². The first-order valence-electron chi connectivity index (χ1n) is 6.20. The van der Waals surface area contributed by atoms with Crippen molar-refractivity contribution in [3.05, 3.63) is 59.2 Å². The average molecular weight is 288 g/mol. The number of aromatic nitrogens is 1. The predicted molar refractivity (Wildman–Crippen MR) is 74.7 cm³/mol. The summed E-state index contributed by atoms with van der Waals surface area (Å²) in [5.41, 5.74) is 1.21. The predicted octanol–water partition coefficient (Wildman–Crippen LogP) is 2.41. The number of carbonyl (C=O) groups excluding carboxylic acids is 1. The highest BCUT2D eigenvalue weighted by molar-refractivity contribution is 6.00. The summed E-state index contributed by atoms with van der Waals surface area (Å²) in [6.45, 7) is 1.82. The Hall–Kier alpha value is -2.76. The number of anilines is 1. The second-order valence-electron chi connectivity index (χ2n) is 4.49. The number of hydrogen-bond donors (Lipinski definition) is 2. The minimum atomic E-state index is -1.24. The van der Waals surface area contributed by atoms with Gasteiger partial charge < -0.3 is 10.4 Å².